The van der Waals surface area contributed by atoms with Gasteiger partial charge in [0.15, 0.2) is 0 Å². The molecule has 5 nitrogen and oxygen atoms in total. The van der Waals surface area contributed by atoms with Gasteiger partial charge in [-0.2, -0.15) is 0 Å². The van der Waals surface area contributed by atoms with E-state index in [-0.39, 0.29) is 0 Å². The number of carbonyl (C=O) groups is 2. The Morgan fingerprint density at radius 2 is 1.94 bits per heavy atom. The molecule has 2 amide bonds. The van der Waals surface area contributed by atoms with Gasteiger partial charge >= 0.3 is 12.0 Å². The van der Waals surface area contributed by atoms with Gasteiger partial charge in [-0.05, 0) is 38.0 Å². The molecule has 3 N–H and O–H groups in total. The highest BCUT2D eigenvalue weighted by molar-refractivity contribution is 5.92. The minimum atomic E-state index is -1.07. The molecular weight excluding hydrogens is 220 g/mol. The maximum absolute atomic E-state index is 11.5. The fraction of sp³-hybridized carbons (Fsp3) is 0.333. The molecule has 17 heavy (non-hydrogen) atoms. The van der Waals surface area contributed by atoms with Crippen molar-refractivity contribution in [2.75, 3.05) is 5.32 Å². The summed E-state index contributed by atoms with van der Waals surface area (Å²) in [6, 6.07) is 4.11. The maximum atomic E-state index is 11.5. The Balaban J connectivity index is 2.69. The van der Waals surface area contributed by atoms with Crippen molar-refractivity contribution in [1.82, 2.24) is 5.32 Å². The van der Waals surface area contributed by atoms with E-state index in [9.17, 15) is 9.59 Å². The van der Waals surface area contributed by atoms with Crippen molar-refractivity contribution in [3.05, 3.63) is 29.3 Å². The van der Waals surface area contributed by atoms with Crippen LogP contribution in [0.2, 0.25) is 0 Å². The Morgan fingerprint density at radius 3 is 2.53 bits per heavy atom. The number of carboxylic acid groups (broad SMARTS) is 1. The van der Waals surface area contributed by atoms with Crippen molar-refractivity contribution in [3.63, 3.8) is 0 Å². The lowest BCUT2D eigenvalue weighted by Crippen LogP contribution is -2.40. The zero-order valence-electron chi connectivity index (χ0n) is 10.1. The normalized spacial score (nSPS) is 11.7. The lowest BCUT2D eigenvalue weighted by Gasteiger charge is -2.13. The van der Waals surface area contributed by atoms with Crippen LogP contribution in [0.3, 0.4) is 0 Å². The van der Waals surface area contributed by atoms with Crippen LogP contribution < -0.4 is 10.6 Å². The number of carboxylic acids is 1. The molecule has 0 radical (unpaired) electrons. The van der Waals surface area contributed by atoms with E-state index < -0.39 is 18.0 Å². The minimum Gasteiger partial charge on any atom is -0.480 e. The molecule has 0 spiro atoms. The first-order valence-corrected chi connectivity index (χ1v) is 5.28. The quantitative estimate of drug-likeness (QED) is 0.750. The monoisotopic (exact) mass is 236 g/mol. The average molecular weight is 236 g/mol. The summed E-state index contributed by atoms with van der Waals surface area (Å²) in [6.07, 6.45) is 0. The molecule has 0 heterocycles. The van der Waals surface area contributed by atoms with Gasteiger partial charge in [-0.1, -0.05) is 12.1 Å². The van der Waals surface area contributed by atoms with Gasteiger partial charge in [0.25, 0.3) is 0 Å². The number of hydrogen-bond acceptors (Lipinski definition) is 2. The third kappa shape index (κ3) is 3.48. The highest BCUT2D eigenvalue weighted by Crippen LogP contribution is 2.17. The molecule has 0 unspecified atom stereocenters. The highest BCUT2D eigenvalue weighted by Gasteiger charge is 2.14. The predicted molar refractivity (Wildman–Crippen MR) is 65.2 cm³/mol. The van der Waals surface area contributed by atoms with Gasteiger partial charge in [0.2, 0.25) is 0 Å². The number of aryl methyl sites for hydroxylation is 1. The summed E-state index contributed by atoms with van der Waals surface area (Å²) < 4.78 is 0. The molecule has 0 aliphatic heterocycles. The third-order valence-corrected chi connectivity index (χ3v) is 2.57. The summed E-state index contributed by atoms with van der Waals surface area (Å²) in [7, 11) is 0. The molecule has 1 aromatic carbocycles. The van der Waals surface area contributed by atoms with E-state index in [0.29, 0.717) is 5.69 Å². The second kappa shape index (κ2) is 5.34. The van der Waals surface area contributed by atoms with E-state index in [1.807, 2.05) is 26.0 Å². The van der Waals surface area contributed by atoms with E-state index in [4.69, 9.17) is 5.11 Å². The molecule has 0 aliphatic rings. The number of hydrogen-bond donors (Lipinski definition) is 3. The first kappa shape index (κ1) is 13.0. The molecular formula is C12H16N2O3. The Labute approximate surface area is 99.8 Å². The summed E-state index contributed by atoms with van der Waals surface area (Å²) in [6.45, 7) is 5.24. The summed E-state index contributed by atoms with van der Waals surface area (Å²) in [4.78, 5) is 22.1. The topological polar surface area (TPSA) is 78.4 Å². The number of amides is 2. The van der Waals surface area contributed by atoms with Crippen molar-refractivity contribution >= 4 is 17.7 Å². The molecule has 0 bridgehead atoms. The van der Waals surface area contributed by atoms with Gasteiger partial charge in [-0.3, -0.25) is 4.79 Å². The summed E-state index contributed by atoms with van der Waals surface area (Å²) in [5, 5.41) is 13.6. The summed E-state index contributed by atoms with van der Waals surface area (Å²) >= 11 is 0. The molecule has 1 rings (SSSR count). The van der Waals surface area contributed by atoms with Crippen molar-refractivity contribution in [2.45, 2.75) is 26.8 Å². The van der Waals surface area contributed by atoms with Crippen LogP contribution in [-0.2, 0) is 4.79 Å². The van der Waals surface area contributed by atoms with Crippen LogP contribution in [0.15, 0.2) is 18.2 Å². The van der Waals surface area contributed by atoms with E-state index in [2.05, 4.69) is 10.6 Å². The van der Waals surface area contributed by atoms with Crippen LogP contribution in [0.5, 0.6) is 0 Å². The molecule has 0 saturated heterocycles. The summed E-state index contributed by atoms with van der Waals surface area (Å²) in [5.74, 6) is -1.07. The van der Waals surface area contributed by atoms with Gasteiger partial charge in [-0.15, -0.1) is 0 Å². The molecule has 92 valence electrons. The lowest BCUT2D eigenvalue weighted by atomic mass is 10.1. The van der Waals surface area contributed by atoms with Gasteiger partial charge in [-0.25, -0.2) is 4.79 Å². The molecule has 0 fully saturated rings. The molecule has 0 saturated carbocycles. The van der Waals surface area contributed by atoms with Gasteiger partial charge in [0, 0.05) is 5.69 Å². The Hall–Kier alpha value is -2.04. The van der Waals surface area contributed by atoms with Crippen molar-refractivity contribution in [1.29, 1.82) is 0 Å². The van der Waals surface area contributed by atoms with Gasteiger partial charge in [0.1, 0.15) is 6.04 Å². The van der Waals surface area contributed by atoms with Crippen LogP contribution in [-0.4, -0.2) is 23.1 Å². The fourth-order valence-electron chi connectivity index (χ4n) is 1.30. The van der Waals surface area contributed by atoms with E-state index >= 15 is 0 Å². The van der Waals surface area contributed by atoms with Crippen LogP contribution >= 0.6 is 0 Å². The summed E-state index contributed by atoms with van der Waals surface area (Å²) in [5.41, 5.74) is 2.71. The molecule has 0 aliphatic carbocycles. The molecule has 5 heteroatoms. The average Bonchev–Trinajstić information content (AvgIpc) is 2.24. The van der Waals surface area contributed by atoms with Crippen LogP contribution in [0, 0.1) is 13.8 Å². The SMILES string of the molecule is Cc1cccc(NC(=O)N[C@@H](C)C(=O)O)c1C. The Morgan fingerprint density at radius 1 is 1.29 bits per heavy atom. The fourth-order valence-corrected chi connectivity index (χ4v) is 1.30. The Kier molecular flexibility index (Phi) is 4.09. The zero-order valence-corrected chi connectivity index (χ0v) is 10.1. The van der Waals surface area contributed by atoms with Gasteiger partial charge < -0.3 is 15.7 Å². The van der Waals surface area contributed by atoms with E-state index in [1.54, 1.807) is 6.07 Å². The highest BCUT2D eigenvalue weighted by atomic mass is 16.4. The first-order chi connectivity index (χ1) is 7.91. The molecule has 1 atom stereocenters. The smallest absolute Gasteiger partial charge is 0.325 e. The second-order valence-electron chi connectivity index (χ2n) is 3.91. The van der Waals surface area contributed by atoms with Crippen LogP contribution in [0.25, 0.3) is 0 Å². The predicted octanol–water partition coefficient (Wildman–Crippen LogP) is 1.90. The number of anilines is 1. The lowest BCUT2D eigenvalue weighted by molar-refractivity contribution is -0.138. The maximum Gasteiger partial charge on any atom is 0.325 e. The molecule has 1 aromatic rings. The van der Waals surface area contributed by atoms with Crippen molar-refractivity contribution < 1.29 is 14.7 Å². The molecule has 0 aromatic heterocycles. The third-order valence-electron chi connectivity index (χ3n) is 2.57. The minimum absolute atomic E-state index is 0.520. The Bertz CT molecular complexity index is 443. The second-order valence-corrected chi connectivity index (χ2v) is 3.91. The largest absolute Gasteiger partial charge is 0.480 e. The number of nitrogens with one attached hydrogen (secondary N) is 2. The van der Waals surface area contributed by atoms with Crippen molar-refractivity contribution in [3.8, 4) is 0 Å². The number of benzene rings is 1. The standard InChI is InChI=1S/C12H16N2O3/c1-7-5-4-6-10(8(7)2)14-12(17)13-9(3)11(15)16/h4-6,9H,1-3H3,(H,15,16)(H2,13,14,17)/t9-/m0/s1. The van der Waals surface area contributed by atoms with Gasteiger partial charge in [0.05, 0.1) is 0 Å². The van der Waals surface area contributed by atoms with Crippen LogP contribution in [0.4, 0.5) is 10.5 Å². The number of urea groups is 1. The first-order valence-electron chi connectivity index (χ1n) is 5.28. The zero-order chi connectivity index (χ0) is 13.0. The number of carbonyl (C=O) groups excluding carboxylic acids is 1. The van der Waals surface area contributed by atoms with Crippen LogP contribution in [0.1, 0.15) is 18.1 Å². The van der Waals surface area contributed by atoms with Crippen molar-refractivity contribution in [2.24, 2.45) is 0 Å². The number of aliphatic carboxylic acids is 1. The van der Waals surface area contributed by atoms with E-state index in [1.165, 1.54) is 6.92 Å². The number of rotatable bonds is 3. The van der Waals surface area contributed by atoms with E-state index in [0.717, 1.165) is 11.1 Å².